The molecule has 1 heterocycles. The molecule has 8 heteroatoms. The number of Topliss-reactive ketones (excluding diaryl/α,β-unsaturated/α-hetero) is 1. The largest absolute Gasteiger partial charge is 0.493 e. The second-order valence-corrected chi connectivity index (χ2v) is 8.54. The Labute approximate surface area is 148 Å². The van der Waals surface area contributed by atoms with E-state index in [1.54, 1.807) is 44.2 Å². The number of aromatic nitrogens is 2. The van der Waals surface area contributed by atoms with E-state index in [0.29, 0.717) is 17.1 Å². The summed E-state index contributed by atoms with van der Waals surface area (Å²) in [5.74, 6) is 2.14. The van der Waals surface area contributed by atoms with E-state index in [0.717, 1.165) is 14.4 Å². The number of carbonyl (C=O) groups is 1. The Hall–Kier alpha value is -1.25. The number of ketones is 1. The van der Waals surface area contributed by atoms with Crippen LogP contribution >= 0.6 is 34.9 Å². The van der Waals surface area contributed by atoms with E-state index < -0.39 is 0 Å². The van der Waals surface area contributed by atoms with Crippen molar-refractivity contribution in [3.05, 3.63) is 23.8 Å². The van der Waals surface area contributed by atoms with Crippen molar-refractivity contribution < 1.29 is 14.3 Å². The van der Waals surface area contributed by atoms with Crippen LogP contribution in [0.15, 0.2) is 26.9 Å². The van der Waals surface area contributed by atoms with Gasteiger partial charge in [0.05, 0.1) is 19.5 Å². The third-order valence-electron chi connectivity index (χ3n) is 2.97. The molecule has 0 amide bonds. The highest BCUT2D eigenvalue weighted by Crippen LogP contribution is 2.33. The van der Waals surface area contributed by atoms with Gasteiger partial charge < -0.3 is 9.47 Å². The molecule has 124 valence electrons. The predicted molar refractivity (Wildman–Crippen MR) is 95.5 cm³/mol. The highest BCUT2D eigenvalue weighted by Gasteiger charge is 2.20. The van der Waals surface area contributed by atoms with E-state index in [2.05, 4.69) is 17.1 Å². The maximum atomic E-state index is 12.6. The number of hydrogen-bond acceptors (Lipinski definition) is 8. The smallest absolute Gasteiger partial charge is 0.176 e. The van der Waals surface area contributed by atoms with Gasteiger partial charge in [0.15, 0.2) is 26.0 Å². The first-order valence-corrected chi connectivity index (χ1v) is 9.66. The van der Waals surface area contributed by atoms with Crippen LogP contribution in [0.3, 0.4) is 0 Å². The molecule has 2 rings (SSSR count). The number of methoxy groups -OCH3 is 2. The summed E-state index contributed by atoms with van der Waals surface area (Å²) >= 11 is 4.60. The van der Waals surface area contributed by atoms with Crippen molar-refractivity contribution in [1.29, 1.82) is 0 Å². The lowest BCUT2D eigenvalue weighted by Crippen LogP contribution is -2.13. The fraction of sp³-hybridized carbons (Fsp3) is 0.400. The number of hydrogen-bond donors (Lipinski definition) is 0. The van der Waals surface area contributed by atoms with Gasteiger partial charge in [0, 0.05) is 5.56 Å². The van der Waals surface area contributed by atoms with Crippen LogP contribution < -0.4 is 9.47 Å². The molecule has 1 aromatic carbocycles. The van der Waals surface area contributed by atoms with Crippen molar-refractivity contribution in [2.75, 3.05) is 20.0 Å². The maximum Gasteiger partial charge on any atom is 0.176 e. The fourth-order valence-corrected chi connectivity index (χ4v) is 4.99. The Kier molecular flexibility index (Phi) is 6.73. The first-order valence-electron chi connectivity index (χ1n) is 6.98. The average Bonchev–Trinajstić information content (AvgIpc) is 3.00. The molecule has 0 aliphatic heterocycles. The van der Waals surface area contributed by atoms with E-state index in [-0.39, 0.29) is 11.0 Å². The van der Waals surface area contributed by atoms with Gasteiger partial charge in [-0.2, -0.15) is 0 Å². The van der Waals surface area contributed by atoms with Gasteiger partial charge in [-0.1, -0.05) is 41.8 Å². The predicted octanol–water partition coefficient (Wildman–Crippen LogP) is 4.03. The molecule has 0 radical (unpaired) electrons. The Balaban J connectivity index is 2.09. The van der Waals surface area contributed by atoms with Gasteiger partial charge in [0.1, 0.15) is 0 Å². The highest BCUT2D eigenvalue weighted by molar-refractivity contribution is 8.03. The fourth-order valence-electron chi connectivity index (χ4n) is 1.86. The molecule has 0 bridgehead atoms. The molecular weight excluding hydrogens is 352 g/mol. The average molecular weight is 371 g/mol. The van der Waals surface area contributed by atoms with Gasteiger partial charge in [-0.25, -0.2) is 0 Å². The molecule has 0 saturated carbocycles. The van der Waals surface area contributed by atoms with Crippen molar-refractivity contribution in [1.82, 2.24) is 10.2 Å². The van der Waals surface area contributed by atoms with Gasteiger partial charge in [-0.3, -0.25) is 4.79 Å². The lowest BCUT2D eigenvalue weighted by atomic mass is 10.1. The van der Waals surface area contributed by atoms with E-state index >= 15 is 0 Å². The highest BCUT2D eigenvalue weighted by atomic mass is 32.2. The number of ether oxygens (including phenoxy) is 2. The summed E-state index contributed by atoms with van der Waals surface area (Å²) in [5, 5.41) is 7.98. The number of rotatable bonds is 8. The lowest BCUT2D eigenvalue weighted by Gasteiger charge is -2.11. The number of carbonyl (C=O) groups excluding carboxylic acids is 1. The van der Waals surface area contributed by atoms with Crippen molar-refractivity contribution in [2.45, 2.75) is 27.8 Å². The minimum atomic E-state index is -0.250. The van der Waals surface area contributed by atoms with Crippen molar-refractivity contribution >= 4 is 40.6 Å². The molecule has 0 saturated heterocycles. The third-order valence-corrected chi connectivity index (χ3v) is 6.09. The first kappa shape index (κ1) is 18.1. The normalized spacial score (nSPS) is 12.0. The molecular formula is C15H18N2O3S3. The summed E-state index contributed by atoms with van der Waals surface area (Å²) < 4.78 is 12.2. The van der Waals surface area contributed by atoms with Crippen molar-refractivity contribution in [2.24, 2.45) is 0 Å². The summed E-state index contributed by atoms with van der Waals surface area (Å²) in [6.07, 6.45) is 0. The second kappa shape index (κ2) is 8.56. The summed E-state index contributed by atoms with van der Waals surface area (Å²) in [7, 11) is 3.12. The Bertz CT molecular complexity index is 676. The minimum Gasteiger partial charge on any atom is -0.493 e. The van der Waals surface area contributed by atoms with Crippen LogP contribution in [0.1, 0.15) is 24.2 Å². The van der Waals surface area contributed by atoms with Crippen LogP contribution in [0.2, 0.25) is 0 Å². The number of thioether (sulfide) groups is 2. The standard InChI is InChI=1S/C15H18N2O3S3/c1-5-21-14-16-17-15(23-14)22-9(2)13(18)10-6-7-11(19-3)12(8-10)20-4/h6-9H,5H2,1-4H3. The first-order chi connectivity index (χ1) is 11.1. The Morgan fingerprint density at radius 3 is 2.57 bits per heavy atom. The van der Waals surface area contributed by atoms with Crippen LogP contribution in [0.25, 0.3) is 0 Å². The zero-order valence-corrected chi connectivity index (χ0v) is 15.8. The molecule has 0 N–H and O–H groups in total. The van der Waals surface area contributed by atoms with E-state index in [1.807, 2.05) is 6.92 Å². The molecule has 2 aromatic rings. The van der Waals surface area contributed by atoms with E-state index in [9.17, 15) is 4.79 Å². The SMILES string of the molecule is CCSc1nnc(SC(C)C(=O)c2ccc(OC)c(OC)c2)s1. The van der Waals surface area contributed by atoms with Crippen LogP contribution in [-0.4, -0.2) is 41.2 Å². The molecule has 0 aliphatic carbocycles. The van der Waals surface area contributed by atoms with E-state index in [1.165, 1.54) is 23.1 Å². The maximum absolute atomic E-state index is 12.6. The van der Waals surface area contributed by atoms with Crippen LogP contribution in [0, 0.1) is 0 Å². The molecule has 1 aromatic heterocycles. The molecule has 0 aliphatic rings. The summed E-state index contributed by atoms with van der Waals surface area (Å²) in [6, 6.07) is 5.19. The Morgan fingerprint density at radius 2 is 1.91 bits per heavy atom. The van der Waals surface area contributed by atoms with Crippen molar-refractivity contribution in [3.63, 3.8) is 0 Å². The zero-order valence-electron chi connectivity index (χ0n) is 13.4. The van der Waals surface area contributed by atoms with Crippen LogP contribution in [0.5, 0.6) is 11.5 Å². The van der Waals surface area contributed by atoms with E-state index in [4.69, 9.17) is 9.47 Å². The molecule has 0 fully saturated rings. The topological polar surface area (TPSA) is 61.3 Å². The summed E-state index contributed by atoms with van der Waals surface area (Å²) in [4.78, 5) is 12.6. The van der Waals surface area contributed by atoms with Gasteiger partial charge in [0.25, 0.3) is 0 Å². The molecule has 23 heavy (non-hydrogen) atoms. The minimum absolute atomic E-state index is 0.0239. The zero-order chi connectivity index (χ0) is 16.8. The van der Waals surface area contributed by atoms with Gasteiger partial charge in [-0.15, -0.1) is 10.2 Å². The Morgan fingerprint density at radius 1 is 1.22 bits per heavy atom. The molecule has 5 nitrogen and oxygen atoms in total. The molecule has 1 atom stereocenters. The lowest BCUT2D eigenvalue weighted by molar-refractivity contribution is 0.0993. The monoisotopic (exact) mass is 370 g/mol. The number of nitrogens with zero attached hydrogens (tertiary/aromatic N) is 2. The number of benzene rings is 1. The van der Waals surface area contributed by atoms with Crippen molar-refractivity contribution in [3.8, 4) is 11.5 Å². The van der Waals surface area contributed by atoms with Crippen LogP contribution in [-0.2, 0) is 0 Å². The van der Waals surface area contributed by atoms with Crippen LogP contribution in [0.4, 0.5) is 0 Å². The second-order valence-electron chi connectivity index (χ2n) is 4.46. The quantitative estimate of drug-likeness (QED) is 0.513. The van der Waals surface area contributed by atoms with Gasteiger partial charge >= 0.3 is 0 Å². The molecule has 1 unspecified atom stereocenters. The summed E-state index contributed by atoms with van der Waals surface area (Å²) in [5.41, 5.74) is 0.593. The summed E-state index contributed by atoms with van der Waals surface area (Å²) in [6.45, 7) is 3.94. The van der Waals surface area contributed by atoms with Gasteiger partial charge in [0.2, 0.25) is 0 Å². The van der Waals surface area contributed by atoms with Gasteiger partial charge in [-0.05, 0) is 30.9 Å². The third kappa shape index (κ3) is 4.62. The molecule has 0 spiro atoms.